The highest BCUT2D eigenvalue weighted by Crippen LogP contribution is 2.35. The molecule has 206 valence electrons. The van der Waals surface area contributed by atoms with E-state index in [2.05, 4.69) is 0 Å². The van der Waals surface area contributed by atoms with Crippen LogP contribution < -0.4 is 0 Å². The summed E-state index contributed by atoms with van der Waals surface area (Å²) >= 11 is 6.20. The number of likely N-dealkylation sites (tertiary alicyclic amines) is 1. The van der Waals surface area contributed by atoms with E-state index < -0.39 is 15.4 Å². The Balaban J connectivity index is 1.57. The second-order valence-electron chi connectivity index (χ2n) is 10.6. The third-order valence-corrected chi connectivity index (χ3v) is 9.27. The van der Waals surface area contributed by atoms with Gasteiger partial charge in [0.1, 0.15) is 5.82 Å². The summed E-state index contributed by atoms with van der Waals surface area (Å²) in [5.74, 6) is -0.694. The second kappa shape index (κ2) is 10.8. The van der Waals surface area contributed by atoms with E-state index in [9.17, 15) is 22.4 Å². The number of urea groups is 1. The predicted molar refractivity (Wildman–Crippen MR) is 145 cm³/mol. The van der Waals surface area contributed by atoms with Crippen LogP contribution in [0.2, 0.25) is 5.02 Å². The second-order valence-corrected chi connectivity index (χ2v) is 13.0. The first-order valence-corrected chi connectivity index (χ1v) is 14.8. The van der Waals surface area contributed by atoms with Gasteiger partial charge in [-0.1, -0.05) is 35.9 Å². The minimum Gasteiger partial charge on any atom is -0.340 e. The Hall–Kier alpha value is -2.69. The van der Waals surface area contributed by atoms with Crippen molar-refractivity contribution in [1.82, 2.24) is 19.0 Å². The van der Waals surface area contributed by atoms with Crippen molar-refractivity contribution < 1.29 is 22.4 Å². The van der Waals surface area contributed by atoms with Gasteiger partial charge in [-0.3, -0.25) is 4.79 Å². The number of amides is 3. The molecule has 0 aromatic heterocycles. The fraction of sp³-hybridized carbons (Fsp3) is 0.481. The Bertz CT molecular complexity index is 1300. The van der Waals surface area contributed by atoms with Crippen LogP contribution in [0.1, 0.15) is 30.9 Å². The lowest BCUT2D eigenvalue weighted by Gasteiger charge is -2.36. The zero-order chi connectivity index (χ0) is 27.8. The van der Waals surface area contributed by atoms with E-state index in [1.54, 1.807) is 46.0 Å². The van der Waals surface area contributed by atoms with E-state index in [1.807, 2.05) is 26.0 Å². The molecule has 0 spiro atoms. The lowest BCUT2D eigenvalue weighted by atomic mass is 9.82. The van der Waals surface area contributed by atoms with Gasteiger partial charge in [0, 0.05) is 57.3 Å². The minimum absolute atomic E-state index is 0.118. The molecule has 2 heterocycles. The molecule has 0 aliphatic carbocycles. The van der Waals surface area contributed by atoms with Gasteiger partial charge in [0.2, 0.25) is 15.9 Å². The Labute approximate surface area is 229 Å². The van der Waals surface area contributed by atoms with Gasteiger partial charge < -0.3 is 14.7 Å². The summed E-state index contributed by atoms with van der Waals surface area (Å²) in [5.41, 5.74) is 0.760. The smallest absolute Gasteiger partial charge is 0.320 e. The number of rotatable bonds is 5. The third-order valence-electron chi connectivity index (χ3n) is 7.73. The number of hydrogen-bond donors (Lipinski definition) is 0. The first kappa shape index (κ1) is 28.3. The largest absolute Gasteiger partial charge is 0.340 e. The van der Waals surface area contributed by atoms with Crippen molar-refractivity contribution in [3.63, 3.8) is 0 Å². The molecule has 2 aromatic rings. The molecule has 0 unspecified atom stereocenters. The topological polar surface area (TPSA) is 81.2 Å². The minimum atomic E-state index is -3.31. The molecule has 4 rings (SSSR count). The van der Waals surface area contributed by atoms with Gasteiger partial charge in [-0.2, -0.15) is 4.31 Å². The Morgan fingerprint density at radius 1 is 1.00 bits per heavy atom. The maximum atomic E-state index is 13.8. The number of benzene rings is 2. The van der Waals surface area contributed by atoms with Gasteiger partial charge in [0.15, 0.2) is 0 Å². The van der Waals surface area contributed by atoms with Crippen LogP contribution in [0.25, 0.3) is 0 Å². The summed E-state index contributed by atoms with van der Waals surface area (Å²) in [5, 5.41) is 0.545. The summed E-state index contributed by atoms with van der Waals surface area (Å²) in [6, 6.07) is 12.9. The van der Waals surface area contributed by atoms with E-state index in [1.165, 1.54) is 22.7 Å². The SMILES string of the molecule is CN(C(=O)C(C)(C)c1cccc(Cl)c1)[C@@H]1CN(C(=O)N2CCN(S(C)(=O)=O)CC2)C[C@H]1c1ccc(F)cc1. The normalized spacial score (nSPS) is 21.0. The predicted octanol–water partition coefficient (Wildman–Crippen LogP) is 3.38. The zero-order valence-electron chi connectivity index (χ0n) is 22.1. The maximum absolute atomic E-state index is 13.8. The molecule has 0 radical (unpaired) electrons. The molecular weight excluding hydrogens is 531 g/mol. The molecule has 8 nitrogen and oxygen atoms in total. The van der Waals surface area contributed by atoms with Gasteiger partial charge in [0.25, 0.3) is 0 Å². The van der Waals surface area contributed by atoms with Crippen LogP contribution in [0.3, 0.4) is 0 Å². The van der Waals surface area contributed by atoms with E-state index in [0.717, 1.165) is 11.1 Å². The summed E-state index contributed by atoms with van der Waals surface area (Å²) < 4.78 is 38.8. The fourth-order valence-electron chi connectivity index (χ4n) is 5.38. The Kier molecular flexibility index (Phi) is 8.07. The van der Waals surface area contributed by atoms with Crippen molar-refractivity contribution in [3.8, 4) is 0 Å². The maximum Gasteiger partial charge on any atom is 0.320 e. The van der Waals surface area contributed by atoms with Gasteiger partial charge in [-0.05, 0) is 49.2 Å². The van der Waals surface area contributed by atoms with Gasteiger partial charge in [0.05, 0.1) is 17.7 Å². The number of nitrogens with zero attached hydrogens (tertiary/aromatic N) is 4. The first-order chi connectivity index (χ1) is 17.8. The van der Waals surface area contributed by atoms with E-state index in [4.69, 9.17) is 11.6 Å². The van der Waals surface area contributed by atoms with Gasteiger partial charge in [-0.25, -0.2) is 17.6 Å². The van der Waals surface area contributed by atoms with E-state index >= 15 is 0 Å². The average Bonchev–Trinajstić information content (AvgIpc) is 3.33. The summed E-state index contributed by atoms with van der Waals surface area (Å²) in [6.45, 7) is 5.45. The van der Waals surface area contributed by atoms with Crippen molar-refractivity contribution in [2.75, 3.05) is 52.6 Å². The number of halogens is 2. The van der Waals surface area contributed by atoms with Crippen LogP contribution in [-0.2, 0) is 20.2 Å². The van der Waals surface area contributed by atoms with Crippen LogP contribution in [0.5, 0.6) is 0 Å². The van der Waals surface area contributed by atoms with Crippen LogP contribution in [0, 0.1) is 5.82 Å². The monoisotopic (exact) mass is 564 g/mol. The van der Waals surface area contributed by atoms with E-state index in [0.29, 0.717) is 31.2 Å². The molecule has 0 N–H and O–H groups in total. The van der Waals surface area contributed by atoms with Crippen molar-refractivity contribution in [3.05, 3.63) is 70.5 Å². The molecular formula is C27H34ClFN4O4S. The number of likely N-dealkylation sites (N-methyl/N-ethyl adjacent to an activating group) is 1. The molecule has 0 saturated carbocycles. The highest BCUT2D eigenvalue weighted by atomic mass is 35.5. The average molecular weight is 565 g/mol. The van der Waals surface area contributed by atoms with Crippen LogP contribution in [-0.4, -0.2) is 98.0 Å². The number of piperazine rings is 1. The summed E-state index contributed by atoms with van der Waals surface area (Å²) in [6.07, 6.45) is 1.17. The number of carbonyl (C=O) groups is 2. The molecule has 38 heavy (non-hydrogen) atoms. The number of hydrogen-bond acceptors (Lipinski definition) is 4. The lowest BCUT2D eigenvalue weighted by molar-refractivity contribution is -0.137. The summed E-state index contributed by atoms with van der Waals surface area (Å²) in [7, 11) is -1.57. The molecule has 11 heteroatoms. The molecule has 0 bridgehead atoms. The Morgan fingerprint density at radius 2 is 1.63 bits per heavy atom. The highest BCUT2D eigenvalue weighted by molar-refractivity contribution is 7.88. The molecule has 2 fully saturated rings. The lowest BCUT2D eigenvalue weighted by Crippen LogP contribution is -2.54. The quantitative estimate of drug-likeness (QED) is 0.558. The zero-order valence-corrected chi connectivity index (χ0v) is 23.7. The van der Waals surface area contributed by atoms with Crippen LogP contribution in [0.4, 0.5) is 9.18 Å². The molecule has 3 amide bonds. The van der Waals surface area contributed by atoms with Crippen molar-refractivity contribution in [2.24, 2.45) is 0 Å². The molecule has 2 aliphatic heterocycles. The fourth-order valence-corrected chi connectivity index (χ4v) is 6.39. The van der Waals surface area contributed by atoms with Crippen molar-refractivity contribution in [1.29, 1.82) is 0 Å². The molecule has 2 saturated heterocycles. The van der Waals surface area contributed by atoms with Crippen molar-refractivity contribution >= 4 is 33.6 Å². The molecule has 2 aromatic carbocycles. The number of sulfonamides is 1. The number of carbonyl (C=O) groups excluding carboxylic acids is 2. The highest BCUT2D eigenvalue weighted by Gasteiger charge is 2.44. The summed E-state index contributed by atoms with van der Waals surface area (Å²) in [4.78, 5) is 32.4. The molecule has 2 atom stereocenters. The van der Waals surface area contributed by atoms with E-state index in [-0.39, 0.29) is 42.8 Å². The Morgan fingerprint density at radius 3 is 2.21 bits per heavy atom. The van der Waals surface area contributed by atoms with Gasteiger partial charge >= 0.3 is 6.03 Å². The van der Waals surface area contributed by atoms with Gasteiger partial charge in [-0.15, -0.1) is 0 Å². The van der Waals surface area contributed by atoms with Crippen LogP contribution in [0.15, 0.2) is 48.5 Å². The van der Waals surface area contributed by atoms with Crippen molar-refractivity contribution in [2.45, 2.75) is 31.2 Å². The van der Waals surface area contributed by atoms with Crippen LogP contribution >= 0.6 is 11.6 Å². The first-order valence-electron chi connectivity index (χ1n) is 12.6. The third kappa shape index (κ3) is 5.82. The standard InChI is InChI=1S/C27H34ClFN4O4S/c1-27(2,20-6-5-7-21(28)16-20)25(34)30(3)24-18-32(17-23(24)19-8-10-22(29)11-9-19)26(35)31-12-14-33(15-13-31)38(4,36)37/h5-11,16,23-24H,12-15,17-18H2,1-4H3/t23-,24+/m0/s1. The molecule has 2 aliphatic rings.